The van der Waals surface area contributed by atoms with Gasteiger partial charge in [-0.05, 0) is 38.5 Å². The first-order valence-corrected chi connectivity index (χ1v) is 11.7. The first kappa shape index (κ1) is 25.4. The molecule has 156 valence electrons. The predicted octanol–water partition coefficient (Wildman–Crippen LogP) is 6.80. The summed E-state index contributed by atoms with van der Waals surface area (Å²) in [7, 11) is 0. The Morgan fingerprint density at radius 3 is 1.31 bits per heavy atom. The molecule has 0 saturated heterocycles. The standard InChI is InChI=1S/C23H47NO2/c1-4-7-19-24(20-8-5-2,21-9-6-3)22-17-15-13-11-10-12-14-16-18-23(25)26/h4-22H2,1-3H3/p+1. The van der Waals surface area contributed by atoms with Crippen molar-refractivity contribution >= 4 is 5.97 Å². The fraction of sp³-hybridized carbons (Fsp3) is 0.957. The summed E-state index contributed by atoms with van der Waals surface area (Å²) in [5, 5.41) is 8.64. The number of carboxylic acids is 1. The second kappa shape index (κ2) is 17.8. The minimum Gasteiger partial charge on any atom is -0.481 e. The average molecular weight is 371 g/mol. The smallest absolute Gasteiger partial charge is 0.303 e. The van der Waals surface area contributed by atoms with Crippen molar-refractivity contribution in [3.63, 3.8) is 0 Å². The van der Waals surface area contributed by atoms with Crippen LogP contribution in [-0.4, -0.2) is 41.7 Å². The van der Waals surface area contributed by atoms with Crippen LogP contribution in [-0.2, 0) is 4.79 Å². The van der Waals surface area contributed by atoms with Gasteiger partial charge in [0.1, 0.15) is 0 Å². The Kier molecular flexibility index (Phi) is 17.4. The van der Waals surface area contributed by atoms with Crippen LogP contribution < -0.4 is 0 Å². The zero-order valence-corrected chi connectivity index (χ0v) is 18.2. The topological polar surface area (TPSA) is 37.3 Å². The number of carbonyl (C=O) groups is 1. The van der Waals surface area contributed by atoms with Crippen LogP contribution in [0.25, 0.3) is 0 Å². The summed E-state index contributed by atoms with van der Waals surface area (Å²) in [4.78, 5) is 10.5. The Hall–Kier alpha value is -0.570. The average Bonchev–Trinajstić information content (AvgIpc) is 2.63. The van der Waals surface area contributed by atoms with E-state index in [-0.39, 0.29) is 0 Å². The number of carboxylic acid groups (broad SMARTS) is 1. The zero-order chi connectivity index (χ0) is 19.5. The molecule has 0 aliphatic carbocycles. The summed E-state index contributed by atoms with van der Waals surface area (Å²) in [5.74, 6) is -0.652. The normalized spacial score (nSPS) is 11.8. The van der Waals surface area contributed by atoms with Crippen molar-refractivity contribution in [3.8, 4) is 0 Å². The molecule has 0 unspecified atom stereocenters. The van der Waals surface area contributed by atoms with Crippen LogP contribution in [0.5, 0.6) is 0 Å². The molecule has 0 atom stereocenters. The van der Waals surface area contributed by atoms with E-state index >= 15 is 0 Å². The third-order valence-electron chi connectivity index (χ3n) is 5.73. The molecule has 0 heterocycles. The highest BCUT2D eigenvalue weighted by Gasteiger charge is 2.24. The molecule has 0 rings (SSSR count). The molecule has 0 aromatic rings. The van der Waals surface area contributed by atoms with E-state index in [4.69, 9.17) is 5.11 Å². The molecular weight excluding hydrogens is 322 g/mol. The molecule has 3 nitrogen and oxygen atoms in total. The lowest BCUT2D eigenvalue weighted by Gasteiger charge is -2.39. The van der Waals surface area contributed by atoms with E-state index < -0.39 is 5.97 Å². The van der Waals surface area contributed by atoms with Gasteiger partial charge < -0.3 is 9.59 Å². The third kappa shape index (κ3) is 14.6. The van der Waals surface area contributed by atoms with Gasteiger partial charge in [-0.25, -0.2) is 0 Å². The minimum atomic E-state index is -0.652. The Bertz CT molecular complexity index is 296. The number of rotatable bonds is 20. The highest BCUT2D eigenvalue weighted by atomic mass is 16.4. The second-order valence-corrected chi connectivity index (χ2v) is 8.27. The highest BCUT2D eigenvalue weighted by molar-refractivity contribution is 5.66. The molecule has 26 heavy (non-hydrogen) atoms. The molecule has 0 aliphatic rings. The van der Waals surface area contributed by atoms with Crippen LogP contribution in [0.15, 0.2) is 0 Å². The quantitative estimate of drug-likeness (QED) is 0.189. The maximum Gasteiger partial charge on any atom is 0.303 e. The fourth-order valence-electron chi connectivity index (χ4n) is 3.94. The van der Waals surface area contributed by atoms with Gasteiger partial charge in [-0.15, -0.1) is 0 Å². The molecule has 0 amide bonds. The summed E-state index contributed by atoms with van der Waals surface area (Å²) in [6.07, 6.45) is 18.3. The summed E-state index contributed by atoms with van der Waals surface area (Å²) >= 11 is 0. The van der Waals surface area contributed by atoms with Gasteiger partial charge in [-0.2, -0.15) is 0 Å². The minimum absolute atomic E-state index is 0.341. The third-order valence-corrected chi connectivity index (χ3v) is 5.73. The SMILES string of the molecule is CCCC[N+](CCCC)(CCCC)CCCCCCCCCCC(=O)O. The number of hydrogen-bond donors (Lipinski definition) is 1. The van der Waals surface area contributed by atoms with Crippen LogP contribution in [0.4, 0.5) is 0 Å². The van der Waals surface area contributed by atoms with Gasteiger partial charge in [-0.3, -0.25) is 4.79 Å². The summed E-state index contributed by atoms with van der Waals surface area (Å²) in [6, 6.07) is 0. The second-order valence-electron chi connectivity index (χ2n) is 8.27. The number of aliphatic carboxylic acids is 1. The first-order chi connectivity index (χ1) is 12.6. The molecule has 0 aromatic carbocycles. The van der Waals surface area contributed by atoms with Gasteiger partial charge in [0.15, 0.2) is 0 Å². The lowest BCUT2D eigenvalue weighted by atomic mass is 10.1. The van der Waals surface area contributed by atoms with Crippen molar-refractivity contribution in [2.75, 3.05) is 26.2 Å². The molecule has 0 fully saturated rings. The molecule has 0 saturated carbocycles. The highest BCUT2D eigenvalue weighted by Crippen LogP contribution is 2.18. The van der Waals surface area contributed by atoms with Crippen LogP contribution >= 0.6 is 0 Å². The summed E-state index contributed by atoms with van der Waals surface area (Å²) in [6.45, 7) is 12.5. The van der Waals surface area contributed by atoms with Crippen molar-refractivity contribution in [1.82, 2.24) is 0 Å². The Labute approximate surface area is 164 Å². The van der Waals surface area contributed by atoms with E-state index in [1.54, 1.807) is 0 Å². The maximum absolute atomic E-state index is 10.5. The van der Waals surface area contributed by atoms with Gasteiger partial charge in [0, 0.05) is 6.42 Å². The Morgan fingerprint density at radius 1 is 0.577 bits per heavy atom. The molecule has 0 radical (unpaired) electrons. The van der Waals surface area contributed by atoms with Gasteiger partial charge in [0.25, 0.3) is 0 Å². The van der Waals surface area contributed by atoms with E-state index in [0.717, 1.165) is 12.8 Å². The number of quaternary nitrogens is 1. The molecule has 1 N–H and O–H groups in total. The molecule has 3 heteroatoms. The van der Waals surface area contributed by atoms with E-state index in [1.165, 1.54) is 108 Å². The van der Waals surface area contributed by atoms with Crippen LogP contribution in [0, 0.1) is 0 Å². The molecular formula is C23H48NO2+. The molecule has 0 spiro atoms. The van der Waals surface area contributed by atoms with Crippen molar-refractivity contribution < 1.29 is 14.4 Å². The lowest BCUT2D eigenvalue weighted by molar-refractivity contribution is -0.929. The Balaban J connectivity index is 4.00. The number of unbranched alkanes of at least 4 members (excludes halogenated alkanes) is 10. The van der Waals surface area contributed by atoms with E-state index in [1.807, 2.05) is 0 Å². The number of nitrogens with zero attached hydrogens (tertiary/aromatic N) is 1. The maximum atomic E-state index is 10.5. The molecule has 0 aliphatic heterocycles. The lowest BCUT2D eigenvalue weighted by Crippen LogP contribution is -2.50. The van der Waals surface area contributed by atoms with E-state index in [2.05, 4.69) is 20.8 Å². The van der Waals surface area contributed by atoms with Gasteiger partial charge in [0.05, 0.1) is 26.2 Å². The van der Waals surface area contributed by atoms with Gasteiger partial charge in [-0.1, -0.05) is 72.1 Å². The Morgan fingerprint density at radius 2 is 0.923 bits per heavy atom. The van der Waals surface area contributed by atoms with Crippen molar-refractivity contribution in [3.05, 3.63) is 0 Å². The van der Waals surface area contributed by atoms with Gasteiger partial charge >= 0.3 is 5.97 Å². The number of hydrogen-bond acceptors (Lipinski definition) is 1. The van der Waals surface area contributed by atoms with Gasteiger partial charge in [0.2, 0.25) is 0 Å². The van der Waals surface area contributed by atoms with Crippen LogP contribution in [0.3, 0.4) is 0 Å². The molecule has 0 aromatic heterocycles. The monoisotopic (exact) mass is 370 g/mol. The van der Waals surface area contributed by atoms with E-state index in [0.29, 0.717) is 6.42 Å². The largest absolute Gasteiger partial charge is 0.481 e. The first-order valence-electron chi connectivity index (χ1n) is 11.7. The zero-order valence-electron chi connectivity index (χ0n) is 18.2. The van der Waals surface area contributed by atoms with Crippen molar-refractivity contribution in [2.24, 2.45) is 0 Å². The summed E-state index contributed by atoms with van der Waals surface area (Å²) in [5.41, 5.74) is 0. The molecule has 0 bridgehead atoms. The van der Waals surface area contributed by atoms with E-state index in [9.17, 15) is 4.79 Å². The van der Waals surface area contributed by atoms with Crippen LogP contribution in [0.1, 0.15) is 117 Å². The van der Waals surface area contributed by atoms with Crippen molar-refractivity contribution in [1.29, 1.82) is 0 Å². The predicted molar refractivity (Wildman–Crippen MR) is 114 cm³/mol. The summed E-state index contributed by atoms with van der Waals surface area (Å²) < 4.78 is 1.38. The van der Waals surface area contributed by atoms with Crippen LogP contribution in [0.2, 0.25) is 0 Å². The fourth-order valence-corrected chi connectivity index (χ4v) is 3.94. The van der Waals surface area contributed by atoms with Crippen molar-refractivity contribution in [2.45, 2.75) is 117 Å².